The van der Waals surface area contributed by atoms with Crippen LogP contribution in [0, 0.1) is 10.8 Å². The van der Waals surface area contributed by atoms with Crippen molar-refractivity contribution in [2.45, 2.75) is 84.8 Å². The molecule has 2 atom stereocenters. The van der Waals surface area contributed by atoms with Crippen LogP contribution in [0.2, 0.25) is 0 Å². The smallest absolute Gasteiger partial charge is 0.0183 e. The Hall–Kier alpha value is -0.0800. The molecule has 18 heavy (non-hydrogen) atoms. The minimum absolute atomic E-state index is 0.456. The Kier molecular flexibility index (Phi) is 4.08. The van der Waals surface area contributed by atoms with Gasteiger partial charge in [0.1, 0.15) is 0 Å². The van der Waals surface area contributed by atoms with Gasteiger partial charge >= 0.3 is 0 Å². The van der Waals surface area contributed by atoms with Gasteiger partial charge in [-0.2, -0.15) is 0 Å². The summed E-state index contributed by atoms with van der Waals surface area (Å²) in [5.41, 5.74) is 0.913. The van der Waals surface area contributed by atoms with Crippen LogP contribution < -0.4 is 10.6 Å². The first kappa shape index (κ1) is 14.3. The van der Waals surface area contributed by atoms with E-state index in [1.807, 2.05) is 0 Å². The summed E-state index contributed by atoms with van der Waals surface area (Å²) in [6.07, 6.45) is 6.83. The van der Waals surface area contributed by atoms with Gasteiger partial charge in [0.2, 0.25) is 0 Å². The van der Waals surface area contributed by atoms with E-state index in [1.165, 1.54) is 38.6 Å². The summed E-state index contributed by atoms with van der Waals surface area (Å²) in [5.74, 6) is 0. The van der Waals surface area contributed by atoms with Crippen molar-refractivity contribution in [2.75, 3.05) is 6.54 Å². The SMILES string of the molecule is CC(CC1CCCCCN1)NC1C(C)(C)C1(C)C. The summed E-state index contributed by atoms with van der Waals surface area (Å²) >= 11 is 0. The molecule has 2 nitrogen and oxygen atoms in total. The third-order valence-electron chi connectivity index (χ3n) is 5.77. The fourth-order valence-electron chi connectivity index (χ4n) is 3.69. The van der Waals surface area contributed by atoms with Crippen LogP contribution in [0.4, 0.5) is 0 Å². The average molecular weight is 252 g/mol. The van der Waals surface area contributed by atoms with Crippen LogP contribution in [-0.4, -0.2) is 24.7 Å². The van der Waals surface area contributed by atoms with Gasteiger partial charge in [-0.3, -0.25) is 0 Å². The van der Waals surface area contributed by atoms with Crippen LogP contribution >= 0.6 is 0 Å². The molecule has 0 bridgehead atoms. The van der Waals surface area contributed by atoms with E-state index >= 15 is 0 Å². The molecule has 0 aromatic heterocycles. The largest absolute Gasteiger partial charge is 0.314 e. The monoisotopic (exact) mass is 252 g/mol. The molecule has 2 rings (SSSR count). The summed E-state index contributed by atoms with van der Waals surface area (Å²) in [4.78, 5) is 0. The molecule has 2 heteroatoms. The van der Waals surface area contributed by atoms with Gasteiger partial charge in [0, 0.05) is 18.1 Å². The lowest BCUT2D eigenvalue weighted by Crippen LogP contribution is -2.39. The molecule has 2 fully saturated rings. The summed E-state index contributed by atoms with van der Waals surface area (Å²) in [5, 5.41) is 7.57. The highest BCUT2D eigenvalue weighted by molar-refractivity contribution is 5.18. The zero-order valence-corrected chi connectivity index (χ0v) is 13.0. The standard InChI is InChI=1S/C16H32N2/c1-12(11-13-9-7-6-8-10-17-13)18-14-15(2,3)16(14,4)5/h12-14,17-18H,6-11H2,1-5H3. The van der Waals surface area contributed by atoms with E-state index in [0.29, 0.717) is 22.9 Å². The number of nitrogens with one attached hydrogen (secondary N) is 2. The molecule has 0 amide bonds. The number of rotatable bonds is 4. The van der Waals surface area contributed by atoms with Crippen molar-refractivity contribution >= 4 is 0 Å². The zero-order chi connectivity index (χ0) is 13.4. The van der Waals surface area contributed by atoms with Gasteiger partial charge in [0.05, 0.1) is 0 Å². The molecule has 2 N–H and O–H groups in total. The average Bonchev–Trinajstić information content (AvgIpc) is 2.80. The Labute approximate surface area is 113 Å². The number of hydrogen-bond donors (Lipinski definition) is 2. The Morgan fingerprint density at radius 2 is 1.78 bits per heavy atom. The molecule has 2 aliphatic rings. The van der Waals surface area contributed by atoms with E-state index in [9.17, 15) is 0 Å². The molecule has 2 unspecified atom stereocenters. The predicted molar refractivity (Wildman–Crippen MR) is 78.8 cm³/mol. The highest BCUT2D eigenvalue weighted by Gasteiger charge is 2.64. The highest BCUT2D eigenvalue weighted by atomic mass is 15.1. The van der Waals surface area contributed by atoms with Crippen molar-refractivity contribution in [1.82, 2.24) is 10.6 Å². The molecule has 0 aromatic rings. The molecule has 106 valence electrons. The third kappa shape index (κ3) is 2.75. The van der Waals surface area contributed by atoms with Gasteiger partial charge in [0.15, 0.2) is 0 Å². The van der Waals surface area contributed by atoms with Crippen molar-refractivity contribution < 1.29 is 0 Å². The quantitative estimate of drug-likeness (QED) is 0.802. The molecule has 1 heterocycles. The summed E-state index contributed by atoms with van der Waals surface area (Å²) in [6, 6.07) is 2.05. The van der Waals surface area contributed by atoms with Crippen molar-refractivity contribution in [1.29, 1.82) is 0 Å². The van der Waals surface area contributed by atoms with E-state index in [4.69, 9.17) is 0 Å². The molecule has 1 aliphatic carbocycles. The predicted octanol–water partition coefficient (Wildman–Crippen LogP) is 3.32. The van der Waals surface area contributed by atoms with Crippen molar-refractivity contribution in [2.24, 2.45) is 10.8 Å². The second kappa shape index (κ2) is 5.13. The Balaban J connectivity index is 1.77. The fraction of sp³-hybridized carbons (Fsp3) is 1.00. The zero-order valence-electron chi connectivity index (χ0n) is 13.0. The Morgan fingerprint density at radius 3 is 2.39 bits per heavy atom. The maximum Gasteiger partial charge on any atom is 0.0183 e. The molecule has 1 aliphatic heterocycles. The molecule has 0 spiro atoms. The first-order valence-electron chi connectivity index (χ1n) is 7.85. The topological polar surface area (TPSA) is 24.1 Å². The van der Waals surface area contributed by atoms with Gasteiger partial charge in [-0.15, -0.1) is 0 Å². The lowest BCUT2D eigenvalue weighted by atomic mass is 10.0. The van der Waals surface area contributed by atoms with Crippen LogP contribution in [-0.2, 0) is 0 Å². The molecule has 1 saturated heterocycles. The molecule has 1 saturated carbocycles. The van der Waals surface area contributed by atoms with Crippen LogP contribution in [0.5, 0.6) is 0 Å². The first-order chi connectivity index (χ1) is 8.35. The van der Waals surface area contributed by atoms with E-state index < -0.39 is 0 Å². The van der Waals surface area contributed by atoms with Gasteiger partial charge in [-0.1, -0.05) is 40.5 Å². The van der Waals surface area contributed by atoms with Crippen molar-refractivity contribution in [3.63, 3.8) is 0 Å². The van der Waals surface area contributed by atoms with E-state index in [-0.39, 0.29) is 0 Å². The van der Waals surface area contributed by atoms with E-state index in [0.717, 1.165) is 6.04 Å². The lowest BCUT2D eigenvalue weighted by molar-refractivity contribution is 0.384. The van der Waals surface area contributed by atoms with Crippen LogP contribution in [0.25, 0.3) is 0 Å². The highest BCUT2D eigenvalue weighted by Crippen LogP contribution is 2.62. The second-order valence-corrected chi connectivity index (χ2v) is 7.68. The molecular formula is C16H32N2. The molecule has 0 aromatic carbocycles. The van der Waals surface area contributed by atoms with E-state index in [2.05, 4.69) is 45.3 Å². The number of hydrogen-bond acceptors (Lipinski definition) is 2. The Bertz CT molecular complexity index is 261. The Morgan fingerprint density at radius 1 is 1.11 bits per heavy atom. The lowest BCUT2D eigenvalue weighted by Gasteiger charge is -2.22. The van der Waals surface area contributed by atoms with E-state index in [1.54, 1.807) is 0 Å². The minimum atomic E-state index is 0.456. The molecule has 0 radical (unpaired) electrons. The molecular weight excluding hydrogens is 220 g/mol. The van der Waals surface area contributed by atoms with Gasteiger partial charge in [0.25, 0.3) is 0 Å². The van der Waals surface area contributed by atoms with Crippen LogP contribution in [0.15, 0.2) is 0 Å². The maximum atomic E-state index is 3.86. The second-order valence-electron chi connectivity index (χ2n) is 7.68. The van der Waals surface area contributed by atoms with Crippen molar-refractivity contribution in [3.05, 3.63) is 0 Å². The van der Waals surface area contributed by atoms with Crippen LogP contribution in [0.1, 0.15) is 66.7 Å². The van der Waals surface area contributed by atoms with Gasteiger partial charge < -0.3 is 10.6 Å². The van der Waals surface area contributed by atoms with Gasteiger partial charge in [-0.05, 0) is 43.6 Å². The van der Waals surface area contributed by atoms with Crippen molar-refractivity contribution in [3.8, 4) is 0 Å². The first-order valence-corrected chi connectivity index (χ1v) is 7.85. The third-order valence-corrected chi connectivity index (χ3v) is 5.77. The van der Waals surface area contributed by atoms with Gasteiger partial charge in [-0.25, -0.2) is 0 Å². The van der Waals surface area contributed by atoms with Crippen LogP contribution in [0.3, 0.4) is 0 Å². The normalized spacial score (nSPS) is 32.8. The summed E-state index contributed by atoms with van der Waals surface area (Å²) in [6.45, 7) is 13.1. The minimum Gasteiger partial charge on any atom is -0.314 e. The summed E-state index contributed by atoms with van der Waals surface area (Å²) < 4.78 is 0. The fourth-order valence-corrected chi connectivity index (χ4v) is 3.69. The summed E-state index contributed by atoms with van der Waals surface area (Å²) in [7, 11) is 0. The maximum absolute atomic E-state index is 3.86.